The fraction of sp³-hybridized carbons (Fsp3) is 0.0870. The predicted molar refractivity (Wildman–Crippen MR) is 113 cm³/mol. The summed E-state index contributed by atoms with van der Waals surface area (Å²) in [6, 6.07) is 16.9. The molecule has 4 aromatic rings. The van der Waals surface area contributed by atoms with E-state index in [4.69, 9.17) is 19.3 Å². The molecule has 0 radical (unpaired) electrons. The van der Waals surface area contributed by atoms with Gasteiger partial charge in [-0.3, -0.25) is 4.79 Å². The highest BCUT2D eigenvalue weighted by molar-refractivity contribution is 6.07. The van der Waals surface area contributed by atoms with Crippen molar-refractivity contribution in [1.82, 2.24) is 0 Å². The van der Waals surface area contributed by atoms with Crippen LogP contribution in [0.4, 0.5) is 5.69 Å². The molecule has 0 aliphatic heterocycles. The third-order valence-electron chi connectivity index (χ3n) is 4.62. The van der Waals surface area contributed by atoms with Crippen LogP contribution >= 0.6 is 0 Å². The van der Waals surface area contributed by atoms with Crippen molar-refractivity contribution in [1.29, 1.82) is 0 Å². The Kier molecular flexibility index (Phi) is 4.60. The number of carbonyl (C=O) groups is 1. The zero-order valence-electron chi connectivity index (χ0n) is 16.1. The molecular formula is C23H20N2O4. The van der Waals surface area contributed by atoms with Crippen LogP contribution in [0.5, 0.6) is 5.75 Å². The zero-order valence-corrected chi connectivity index (χ0v) is 16.1. The Morgan fingerprint density at radius 1 is 1.10 bits per heavy atom. The Morgan fingerprint density at radius 3 is 2.66 bits per heavy atom. The lowest BCUT2D eigenvalue weighted by Crippen LogP contribution is -2.12. The molecule has 0 atom stereocenters. The second-order valence-electron chi connectivity index (χ2n) is 6.64. The van der Waals surface area contributed by atoms with Gasteiger partial charge in [0.05, 0.1) is 24.1 Å². The first kappa shape index (κ1) is 18.4. The van der Waals surface area contributed by atoms with Crippen LogP contribution in [0.2, 0.25) is 0 Å². The summed E-state index contributed by atoms with van der Waals surface area (Å²) in [6.45, 7) is 5.99. The minimum Gasteiger partial charge on any atom is -0.496 e. The van der Waals surface area contributed by atoms with E-state index in [-0.39, 0.29) is 5.76 Å². The number of methoxy groups -OCH3 is 1. The zero-order chi connectivity index (χ0) is 20.5. The highest BCUT2D eigenvalue weighted by Crippen LogP contribution is 2.35. The van der Waals surface area contributed by atoms with Gasteiger partial charge in [-0.1, -0.05) is 24.8 Å². The average molecular weight is 388 g/mol. The summed E-state index contributed by atoms with van der Waals surface area (Å²) < 4.78 is 17.0. The molecule has 146 valence electrons. The predicted octanol–water partition coefficient (Wildman–Crippen LogP) is 5.19. The summed E-state index contributed by atoms with van der Waals surface area (Å²) in [7, 11) is 1.61. The molecule has 4 rings (SSSR count). The summed E-state index contributed by atoms with van der Waals surface area (Å²) in [6.07, 6.45) is 0. The lowest BCUT2D eigenvalue weighted by Gasteiger charge is -2.08. The van der Waals surface area contributed by atoms with E-state index in [0.717, 1.165) is 16.5 Å². The van der Waals surface area contributed by atoms with Crippen LogP contribution in [-0.2, 0) is 0 Å². The number of hydrogen-bond donors (Lipinski definition) is 2. The minimum absolute atomic E-state index is 0.0447. The summed E-state index contributed by atoms with van der Waals surface area (Å²) in [5.41, 5.74) is 8.85. The number of primary amides is 1. The number of furan rings is 2. The van der Waals surface area contributed by atoms with Gasteiger partial charge in [-0.2, -0.15) is 0 Å². The van der Waals surface area contributed by atoms with Gasteiger partial charge in [0.2, 0.25) is 5.76 Å². The largest absolute Gasteiger partial charge is 0.496 e. The summed E-state index contributed by atoms with van der Waals surface area (Å²) in [4.78, 5) is 11.9. The number of para-hydroxylation sites is 1. The number of benzene rings is 2. The molecule has 0 saturated heterocycles. The molecule has 6 heteroatoms. The molecule has 0 aliphatic carbocycles. The van der Waals surface area contributed by atoms with Crippen molar-refractivity contribution in [3.63, 3.8) is 0 Å². The highest BCUT2D eigenvalue weighted by atomic mass is 16.5. The maximum absolute atomic E-state index is 11.9. The topological polar surface area (TPSA) is 90.6 Å². The Morgan fingerprint density at radius 2 is 1.90 bits per heavy atom. The third kappa shape index (κ3) is 3.36. The number of nitrogens with two attached hydrogens (primary N) is 1. The maximum Gasteiger partial charge on any atom is 0.286 e. The van der Waals surface area contributed by atoms with Crippen LogP contribution in [-0.4, -0.2) is 13.0 Å². The molecule has 29 heavy (non-hydrogen) atoms. The van der Waals surface area contributed by atoms with Gasteiger partial charge >= 0.3 is 0 Å². The van der Waals surface area contributed by atoms with Crippen LogP contribution in [0, 0.1) is 6.92 Å². The Hall–Kier alpha value is -3.93. The molecule has 3 N–H and O–H groups in total. The number of rotatable bonds is 6. The lowest BCUT2D eigenvalue weighted by atomic mass is 10.1. The minimum atomic E-state index is -0.664. The van der Waals surface area contributed by atoms with Crippen LogP contribution in [0.15, 0.2) is 70.0 Å². The fourth-order valence-electron chi connectivity index (χ4n) is 3.21. The molecular weight excluding hydrogens is 368 g/mol. The van der Waals surface area contributed by atoms with E-state index in [2.05, 4.69) is 11.9 Å². The van der Waals surface area contributed by atoms with Crippen molar-refractivity contribution >= 4 is 28.3 Å². The normalized spacial score (nSPS) is 10.8. The maximum atomic E-state index is 11.9. The van der Waals surface area contributed by atoms with Crippen molar-refractivity contribution < 1.29 is 18.4 Å². The molecule has 0 saturated carbocycles. The van der Waals surface area contributed by atoms with Crippen molar-refractivity contribution in [2.45, 2.75) is 6.92 Å². The fourth-order valence-corrected chi connectivity index (χ4v) is 3.21. The molecule has 2 aromatic heterocycles. The molecule has 0 fully saturated rings. The molecule has 0 aliphatic rings. The van der Waals surface area contributed by atoms with E-state index in [0.29, 0.717) is 34.2 Å². The van der Waals surface area contributed by atoms with Crippen molar-refractivity contribution in [2.75, 3.05) is 12.4 Å². The number of hydrogen-bond acceptors (Lipinski definition) is 5. The number of anilines is 1. The number of carbonyl (C=O) groups excluding carboxylic acids is 1. The van der Waals surface area contributed by atoms with E-state index in [9.17, 15) is 4.79 Å². The van der Waals surface area contributed by atoms with Crippen LogP contribution in [0.3, 0.4) is 0 Å². The van der Waals surface area contributed by atoms with E-state index < -0.39 is 5.91 Å². The molecule has 1 amide bonds. The van der Waals surface area contributed by atoms with Crippen molar-refractivity contribution in [3.8, 4) is 17.1 Å². The van der Waals surface area contributed by atoms with Crippen LogP contribution in [0.25, 0.3) is 28.0 Å². The molecule has 2 aromatic carbocycles. The Labute approximate surface area is 167 Å². The Bertz CT molecular complexity index is 1230. The first-order valence-corrected chi connectivity index (χ1v) is 9.00. The lowest BCUT2D eigenvalue weighted by molar-refractivity contribution is 0.0977. The first-order chi connectivity index (χ1) is 14.0. The van der Waals surface area contributed by atoms with Crippen molar-refractivity contribution in [3.05, 3.63) is 78.3 Å². The van der Waals surface area contributed by atoms with E-state index in [1.165, 1.54) is 0 Å². The first-order valence-electron chi connectivity index (χ1n) is 9.00. The number of nitrogens with one attached hydrogen (secondary N) is 1. The van der Waals surface area contributed by atoms with Gasteiger partial charge in [-0.25, -0.2) is 0 Å². The number of amides is 1. The standard InChI is InChI=1S/C23H20N2O4/c1-13-8-9-16-20(12-13)29-22(23(24)26)21(16)25-14(2)17-10-11-19(28-17)15-6-4-5-7-18(15)27-3/h4-12,25H,2H2,1,3H3,(H2,24,26). The number of fused-ring (bicyclic) bond motifs is 1. The van der Waals surface area contributed by atoms with Gasteiger partial charge in [-0.15, -0.1) is 0 Å². The quantitative estimate of drug-likeness (QED) is 0.474. The van der Waals surface area contributed by atoms with Crippen LogP contribution in [0.1, 0.15) is 21.9 Å². The number of aryl methyl sites for hydroxylation is 1. The average Bonchev–Trinajstić information content (AvgIpc) is 3.33. The van der Waals surface area contributed by atoms with Crippen molar-refractivity contribution in [2.24, 2.45) is 5.73 Å². The van der Waals surface area contributed by atoms with Crippen LogP contribution < -0.4 is 15.8 Å². The summed E-state index contributed by atoms with van der Waals surface area (Å²) >= 11 is 0. The van der Waals surface area contributed by atoms with E-state index in [1.807, 2.05) is 55.5 Å². The molecule has 0 unspecified atom stereocenters. The smallest absolute Gasteiger partial charge is 0.286 e. The SMILES string of the molecule is C=C(Nc1c(C(N)=O)oc2cc(C)ccc12)c1ccc(-c2ccccc2OC)o1. The third-order valence-corrected chi connectivity index (χ3v) is 4.62. The summed E-state index contributed by atoms with van der Waals surface area (Å²) in [5.74, 6) is 1.25. The van der Waals surface area contributed by atoms with Gasteiger partial charge in [0.25, 0.3) is 5.91 Å². The highest BCUT2D eigenvalue weighted by Gasteiger charge is 2.20. The second kappa shape index (κ2) is 7.24. The Balaban J connectivity index is 1.68. The van der Waals surface area contributed by atoms with Gasteiger partial charge in [-0.05, 0) is 48.9 Å². The molecule has 0 spiro atoms. The van der Waals surface area contributed by atoms with Gasteiger partial charge in [0.1, 0.15) is 22.9 Å². The van der Waals surface area contributed by atoms with Gasteiger partial charge < -0.3 is 24.6 Å². The molecule has 0 bridgehead atoms. The monoisotopic (exact) mass is 388 g/mol. The van der Waals surface area contributed by atoms with Gasteiger partial charge in [0, 0.05) is 5.39 Å². The van der Waals surface area contributed by atoms with E-state index >= 15 is 0 Å². The van der Waals surface area contributed by atoms with E-state index in [1.54, 1.807) is 13.2 Å². The molecule has 6 nitrogen and oxygen atoms in total. The second-order valence-corrected chi connectivity index (χ2v) is 6.64. The molecule has 2 heterocycles. The van der Waals surface area contributed by atoms with Gasteiger partial charge in [0.15, 0.2) is 0 Å². The summed E-state index contributed by atoms with van der Waals surface area (Å²) in [5, 5.41) is 3.87. The number of ether oxygens (including phenoxy) is 1.